The highest BCUT2D eigenvalue weighted by atomic mass is 14.9. The molecule has 0 fully saturated rings. The second kappa shape index (κ2) is 12.6. The summed E-state index contributed by atoms with van der Waals surface area (Å²) in [5.74, 6) is 0.877. The van der Waals surface area contributed by atoms with Crippen LogP contribution in [0.15, 0.2) is 182 Å². The molecule has 10 rings (SSSR count). The van der Waals surface area contributed by atoms with Gasteiger partial charge in [0.2, 0.25) is 0 Å². The second-order valence-corrected chi connectivity index (χ2v) is 13.5. The van der Waals surface area contributed by atoms with Crippen LogP contribution in [0.2, 0.25) is 0 Å². The van der Waals surface area contributed by atoms with E-state index in [0.717, 1.165) is 56.9 Å². The second-order valence-electron chi connectivity index (χ2n) is 13.5. The van der Waals surface area contributed by atoms with E-state index in [1.165, 1.54) is 43.5 Å². The minimum Gasteiger partial charge on any atom is -0.247 e. The van der Waals surface area contributed by atoms with Gasteiger partial charge in [-0.25, -0.2) is 15.0 Å². The highest BCUT2D eigenvalue weighted by Gasteiger charge is 2.20. The molecule has 0 bridgehead atoms. The number of hydrogen-bond donors (Lipinski definition) is 0. The van der Waals surface area contributed by atoms with E-state index in [1.807, 2.05) is 18.2 Å². The van der Waals surface area contributed by atoms with Crippen LogP contribution in [0.25, 0.3) is 82.7 Å². The first kappa shape index (κ1) is 30.1. The highest BCUT2D eigenvalue weighted by molar-refractivity contribution is 6.33. The quantitative estimate of drug-likeness (QED) is 0.172. The number of para-hydroxylation sites is 1. The molecular weight excluding hydrogens is 631 g/mol. The number of pyridine rings is 1. The van der Waals surface area contributed by atoms with Crippen molar-refractivity contribution >= 4 is 48.8 Å². The highest BCUT2D eigenvalue weighted by Crippen LogP contribution is 2.43. The molecular formula is C49H33N3. The molecule has 0 amide bonds. The first-order valence-corrected chi connectivity index (χ1v) is 17.9. The van der Waals surface area contributed by atoms with Crippen LogP contribution in [0.3, 0.4) is 0 Å². The van der Waals surface area contributed by atoms with Crippen molar-refractivity contribution in [1.82, 2.24) is 15.0 Å². The zero-order chi connectivity index (χ0) is 34.4. The molecule has 1 atom stereocenters. The molecule has 2 aromatic heterocycles. The standard InChI is InChI=1S/C49H33N3/c1-3-14-32(15-4-1)33-26-28-34(29-27-33)44-31-45(52-49(51-44)35-16-5-2-6-17-35)36-18-13-19-37(30-36)48-47-41-23-10-8-21-39(41)38-20-7-9-22-40(38)46(47)42-24-11-12-25-43(42)50-48/h1-28,30-31,34H,29H2. The summed E-state index contributed by atoms with van der Waals surface area (Å²) in [6.07, 6.45) is 7.73. The van der Waals surface area contributed by atoms with Crippen molar-refractivity contribution in [1.29, 1.82) is 0 Å². The Hall–Kier alpha value is -6.71. The zero-order valence-corrected chi connectivity index (χ0v) is 28.4. The molecule has 9 aromatic rings. The molecule has 0 N–H and O–H groups in total. The summed E-state index contributed by atoms with van der Waals surface area (Å²) in [5, 5.41) is 8.51. The molecule has 1 aliphatic carbocycles. The molecule has 3 nitrogen and oxygen atoms in total. The lowest BCUT2D eigenvalue weighted by atomic mass is 9.89. The van der Waals surface area contributed by atoms with Crippen LogP contribution in [0.4, 0.5) is 0 Å². The number of hydrogen-bond acceptors (Lipinski definition) is 3. The Morgan fingerprint density at radius 2 is 1.04 bits per heavy atom. The van der Waals surface area contributed by atoms with Crippen molar-refractivity contribution in [2.75, 3.05) is 0 Å². The Morgan fingerprint density at radius 3 is 1.75 bits per heavy atom. The Bertz CT molecular complexity index is 2870. The fraction of sp³-hybridized carbons (Fsp3) is 0.0408. The molecule has 52 heavy (non-hydrogen) atoms. The van der Waals surface area contributed by atoms with Gasteiger partial charge < -0.3 is 0 Å². The van der Waals surface area contributed by atoms with Gasteiger partial charge in [-0.05, 0) is 57.3 Å². The molecule has 244 valence electrons. The van der Waals surface area contributed by atoms with Gasteiger partial charge in [0.05, 0.1) is 22.6 Å². The minimum absolute atomic E-state index is 0.144. The normalized spacial score (nSPS) is 14.3. The van der Waals surface area contributed by atoms with Crippen molar-refractivity contribution in [3.63, 3.8) is 0 Å². The summed E-state index contributed by atoms with van der Waals surface area (Å²) >= 11 is 0. The SMILES string of the molecule is C1=CC(c2cc(-c3cccc(-c4nc5ccccc5c5c6ccccc6c6ccccc6c45)c3)nc(-c3ccccc3)n2)CC=C1c1ccccc1. The van der Waals surface area contributed by atoms with Gasteiger partial charge >= 0.3 is 0 Å². The van der Waals surface area contributed by atoms with Crippen molar-refractivity contribution < 1.29 is 0 Å². The van der Waals surface area contributed by atoms with E-state index in [9.17, 15) is 0 Å². The third kappa shape index (κ3) is 5.18. The lowest BCUT2D eigenvalue weighted by Crippen LogP contribution is -2.05. The average molecular weight is 664 g/mol. The molecule has 0 saturated carbocycles. The molecule has 0 spiro atoms. The minimum atomic E-state index is 0.144. The molecule has 3 heteroatoms. The van der Waals surface area contributed by atoms with Crippen molar-refractivity contribution in [2.24, 2.45) is 0 Å². The summed E-state index contributed by atoms with van der Waals surface area (Å²) < 4.78 is 0. The molecule has 7 aromatic carbocycles. The zero-order valence-electron chi connectivity index (χ0n) is 28.4. The average Bonchev–Trinajstić information content (AvgIpc) is 3.24. The topological polar surface area (TPSA) is 38.7 Å². The Morgan fingerprint density at radius 1 is 0.442 bits per heavy atom. The van der Waals surface area contributed by atoms with E-state index in [-0.39, 0.29) is 5.92 Å². The molecule has 0 aliphatic heterocycles. The van der Waals surface area contributed by atoms with Gasteiger partial charge in [-0.2, -0.15) is 0 Å². The van der Waals surface area contributed by atoms with Crippen LogP contribution in [0.5, 0.6) is 0 Å². The van der Waals surface area contributed by atoms with Gasteiger partial charge in [0.25, 0.3) is 0 Å². The number of nitrogens with zero attached hydrogens (tertiary/aromatic N) is 3. The van der Waals surface area contributed by atoms with Crippen LogP contribution in [0, 0.1) is 0 Å². The number of rotatable bonds is 5. The van der Waals surface area contributed by atoms with Crippen LogP contribution < -0.4 is 0 Å². The monoisotopic (exact) mass is 663 g/mol. The fourth-order valence-electron chi connectivity index (χ4n) is 7.87. The van der Waals surface area contributed by atoms with E-state index in [0.29, 0.717) is 0 Å². The first-order chi connectivity index (χ1) is 25.8. The summed E-state index contributed by atoms with van der Waals surface area (Å²) in [5.41, 5.74) is 9.45. The van der Waals surface area contributed by atoms with Gasteiger partial charge in [-0.3, -0.25) is 0 Å². The van der Waals surface area contributed by atoms with E-state index < -0.39 is 0 Å². The van der Waals surface area contributed by atoms with Crippen molar-refractivity contribution in [2.45, 2.75) is 12.3 Å². The Balaban J connectivity index is 1.16. The van der Waals surface area contributed by atoms with Gasteiger partial charge in [0, 0.05) is 38.8 Å². The maximum absolute atomic E-state index is 5.41. The van der Waals surface area contributed by atoms with Gasteiger partial charge in [-0.1, -0.05) is 164 Å². The molecule has 1 unspecified atom stereocenters. The Kier molecular flexibility index (Phi) is 7.28. The fourth-order valence-corrected chi connectivity index (χ4v) is 7.87. The van der Waals surface area contributed by atoms with Gasteiger partial charge in [0.1, 0.15) is 0 Å². The molecule has 2 heterocycles. The third-order valence-electron chi connectivity index (χ3n) is 10.4. The summed E-state index contributed by atoms with van der Waals surface area (Å²) in [6, 6.07) is 57.8. The first-order valence-electron chi connectivity index (χ1n) is 17.9. The van der Waals surface area contributed by atoms with E-state index in [1.54, 1.807) is 0 Å². The lowest BCUT2D eigenvalue weighted by Gasteiger charge is -2.18. The predicted octanol–water partition coefficient (Wildman–Crippen LogP) is 12.6. The smallest absolute Gasteiger partial charge is 0.160 e. The molecule has 0 radical (unpaired) electrons. The predicted molar refractivity (Wildman–Crippen MR) is 217 cm³/mol. The summed E-state index contributed by atoms with van der Waals surface area (Å²) in [7, 11) is 0. The molecule has 1 aliphatic rings. The molecule has 0 saturated heterocycles. The maximum atomic E-state index is 5.41. The number of aromatic nitrogens is 3. The van der Waals surface area contributed by atoms with Gasteiger partial charge in [-0.15, -0.1) is 0 Å². The van der Waals surface area contributed by atoms with Crippen LogP contribution in [-0.2, 0) is 0 Å². The van der Waals surface area contributed by atoms with E-state index in [4.69, 9.17) is 15.0 Å². The largest absolute Gasteiger partial charge is 0.247 e. The Labute approximate surface area is 302 Å². The van der Waals surface area contributed by atoms with Crippen LogP contribution >= 0.6 is 0 Å². The summed E-state index contributed by atoms with van der Waals surface area (Å²) in [4.78, 5) is 15.8. The third-order valence-corrected chi connectivity index (χ3v) is 10.4. The lowest BCUT2D eigenvalue weighted by molar-refractivity contribution is 0.813. The van der Waals surface area contributed by atoms with Crippen molar-refractivity contribution in [3.05, 3.63) is 193 Å². The summed E-state index contributed by atoms with van der Waals surface area (Å²) in [6.45, 7) is 0. The number of fused-ring (bicyclic) bond motifs is 8. The van der Waals surface area contributed by atoms with Crippen LogP contribution in [-0.4, -0.2) is 15.0 Å². The van der Waals surface area contributed by atoms with Crippen LogP contribution in [0.1, 0.15) is 23.6 Å². The van der Waals surface area contributed by atoms with E-state index in [2.05, 4.69) is 164 Å². The number of benzene rings is 7. The number of allylic oxidation sites excluding steroid dienone is 4. The van der Waals surface area contributed by atoms with Crippen molar-refractivity contribution in [3.8, 4) is 33.9 Å². The maximum Gasteiger partial charge on any atom is 0.160 e. The van der Waals surface area contributed by atoms with E-state index >= 15 is 0 Å². The van der Waals surface area contributed by atoms with Gasteiger partial charge in [0.15, 0.2) is 5.82 Å².